The number of pyridine rings is 1. The van der Waals surface area contributed by atoms with Crippen LogP contribution in [0.15, 0.2) is 85.1 Å². The van der Waals surface area contributed by atoms with Crippen LogP contribution in [0.2, 0.25) is 0 Å². The summed E-state index contributed by atoms with van der Waals surface area (Å²) in [5, 5.41) is 0. The van der Waals surface area contributed by atoms with Gasteiger partial charge in [-0.15, -0.1) is 0 Å². The van der Waals surface area contributed by atoms with Crippen molar-refractivity contribution in [2.75, 3.05) is 13.1 Å². The number of nitrogens with zero attached hydrogens (tertiary/aromatic N) is 2. The standard InChI is InChI=1S/C23H22N2O/c1-3-8-19(9-4-1)17-25-15-7-10-20(18-25)23-14-13-22(16-24-23)26-21-11-5-2-6-12-21/h1-6,8-14,16H,7,15,17-18H2. The minimum Gasteiger partial charge on any atom is -0.456 e. The minimum absolute atomic E-state index is 0.762. The van der Waals surface area contributed by atoms with E-state index in [4.69, 9.17) is 4.74 Å². The molecule has 0 amide bonds. The molecule has 0 bridgehead atoms. The van der Waals surface area contributed by atoms with Gasteiger partial charge in [0.1, 0.15) is 11.5 Å². The van der Waals surface area contributed by atoms with Crippen LogP contribution in [0.3, 0.4) is 0 Å². The Balaban J connectivity index is 1.41. The van der Waals surface area contributed by atoms with Crippen molar-refractivity contribution >= 4 is 5.57 Å². The van der Waals surface area contributed by atoms with Crippen molar-refractivity contribution in [2.24, 2.45) is 0 Å². The van der Waals surface area contributed by atoms with Gasteiger partial charge in [-0.1, -0.05) is 54.6 Å². The average Bonchev–Trinajstić information content (AvgIpc) is 2.70. The van der Waals surface area contributed by atoms with Gasteiger partial charge in [-0.3, -0.25) is 9.88 Å². The van der Waals surface area contributed by atoms with Gasteiger partial charge in [-0.25, -0.2) is 0 Å². The molecule has 3 heteroatoms. The van der Waals surface area contributed by atoms with Crippen molar-refractivity contribution in [1.82, 2.24) is 9.88 Å². The highest BCUT2D eigenvalue weighted by molar-refractivity contribution is 5.65. The molecule has 0 spiro atoms. The molecule has 0 saturated heterocycles. The SMILES string of the molecule is C1=C(c2ccc(Oc3ccccc3)cn2)CN(Cc2ccccc2)CC1. The number of rotatable bonds is 5. The normalized spacial score (nSPS) is 14.7. The van der Waals surface area contributed by atoms with Crippen molar-refractivity contribution in [1.29, 1.82) is 0 Å². The van der Waals surface area contributed by atoms with E-state index in [9.17, 15) is 0 Å². The lowest BCUT2D eigenvalue weighted by molar-refractivity contribution is 0.296. The molecule has 2 aromatic carbocycles. The van der Waals surface area contributed by atoms with E-state index in [0.29, 0.717) is 0 Å². The first-order chi connectivity index (χ1) is 12.9. The molecule has 0 radical (unpaired) electrons. The first-order valence-electron chi connectivity index (χ1n) is 9.01. The molecule has 4 rings (SSSR count). The quantitative estimate of drug-likeness (QED) is 0.640. The summed E-state index contributed by atoms with van der Waals surface area (Å²) in [4.78, 5) is 7.09. The van der Waals surface area contributed by atoms with Crippen LogP contribution in [0.25, 0.3) is 5.57 Å². The van der Waals surface area contributed by atoms with Gasteiger partial charge in [0.2, 0.25) is 0 Å². The molecule has 26 heavy (non-hydrogen) atoms. The van der Waals surface area contributed by atoms with Crippen LogP contribution in [-0.2, 0) is 6.54 Å². The van der Waals surface area contributed by atoms with Crippen LogP contribution >= 0.6 is 0 Å². The zero-order valence-corrected chi connectivity index (χ0v) is 14.7. The number of ether oxygens (including phenoxy) is 1. The van der Waals surface area contributed by atoms with Gasteiger partial charge in [-0.05, 0) is 41.8 Å². The molecule has 0 aliphatic carbocycles. The summed E-state index contributed by atoms with van der Waals surface area (Å²) in [6.07, 6.45) is 5.17. The second-order valence-corrected chi connectivity index (χ2v) is 6.51. The zero-order chi connectivity index (χ0) is 17.6. The predicted octanol–water partition coefficient (Wildman–Crippen LogP) is 5.16. The van der Waals surface area contributed by atoms with Gasteiger partial charge >= 0.3 is 0 Å². The van der Waals surface area contributed by atoms with Gasteiger partial charge in [-0.2, -0.15) is 0 Å². The number of aromatic nitrogens is 1. The van der Waals surface area contributed by atoms with Crippen LogP contribution in [0.1, 0.15) is 17.7 Å². The van der Waals surface area contributed by atoms with E-state index >= 15 is 0 Å². The lowest BCUT2D eigenvalue weighted by Gasteiger charge is -2.27. The van der Waals surface area contributed by atoms with E-state index < -0.39 is 0 Å². The van der Waals surface area contributed by atoms with E-state index in [1.165, 1.54) is 11.1 Å². The van der Waals surface area contributed by atoms with Gasteiger partial charge in [0.15, 0.2) is 0 Å². The highest BCUT2D eigenvalue weighted by Gasteiger charge is 2.15. The zero-order valence-electron chi connectivity index (χ0n) is 14.7. The highest BCUT2D eigenvalue weighted by Crippen LogP contribution is 2.24. The molecule has 0 atom stereocenters. The topological polar surface area (TPSA) is 25.4 Å². The molecule has 130 valence electrons. The molecule has 0 saturated carbocycles. The van der Waals surface area contributed by atoms with Crippen molar-refractivity contribution in [3.63, 3.8) is 0 Å². The van der Waals surface area contributed by atoms with Crippen molar-refractivity contribution in [2.45, 2.75) is 13.0 Å². The second kappa shape index (κ2) is 7.98. The van der Waals surface area contributed by atoms with Crippen molar-refractivity contribution in [3.8, 4) is 11.5 Å². The number of benzene rings is 2. The van der Waals surface area contributed by atoms with Crippen molar-refractivity contribution < 1.29 is 4.74 Å². The Labute approximate surface area is 154 Å². The Morgan fingerprint density at radius 1 is 0.846 bits per heavy atom. The molecule has 3 aromatic rings. The fourth-order valence-corrected chi connectivity index (χ4v) is 3.22. The maximum atomic E-state index is 5.83. The van der Waals surface area contributed by atoms with E-state index in [0.717, 1.165) is 43.2 Å². The Morgan fingerprint density at radius 2 is 1.62 bits per heavy atom. The van der Waals surface area contributed by atoms with Gasteiger partial charge in [0, 0.05) is 19.6 Å². The molecule has 1 aromatic heterocycles. The number of hydrogen-bond acceptors (Lipinski definition) is 3. The maximum absolute atomic E-state index is 5.83. The van der Waals surface area contributed by atoms with Crippen LogP contribution in [0, 0.1) is 0 Å². The van der Waals surface area contributed by atoms with Crippen LogP contribution < -0.4 is 4.74 Å². The Kier molecular flexibility index (Phi) is 5.08. The Bertz CT molecular complexity index is 858. The molecule has 0 unspecified atom stereocenters. The van der Waals surface area contributed by atoms with Crippen LogP contribution in [0.5, 0.6) is 11.5 Å². The van der Waals surface area contributed by atoms with E-state index in [-0.39, 0.29) is 0 Å². The second-order valence-electron chi connectivity index (χ2n) is 6.51. The lowest BCUT2D eigenvalue weighted by atomic mass is 10.0. The smallest absolute Gasteiger partial charge is 0.145 e. The summed E-state index contributed by atoms with van der Waals surface area (Å²) in [5.41, 5.74) is 3.68. The van der Waals surface area contributed by atoms with E-state index in [1.54, 1.807) is 6.20 Å². The minimum atomic E-state index is 0.762. The fraction of sp³-hybridized carbons (Fsp3) is 0.174. The summed E-state index contributed by atoms with van der Waals surface area (Å²) in [6, 6.07) is 24.5. The van der Waals surface area contributed by atoms with Crippen LogP contribution in [-0.4, -0.2) is 23.0 Å². The van der Waals surface area contributed by atoms with Crippen LogP contribution in [0.4, 0.5) is 0 Å². The third kappa shape index (κ3) is 4.19. The summed E-state index contributed by atoms with van der Waals surface area (Å²) < 4.78 is 5.83. The molecule has 0 N–H and O–H groups in total. The Morgan fingerprint density at radius 3 is 2.35 bits per heavy atom. The molecular weight excluding hydrogens is 320 g/mol. The van der Waals surface area contributed by atoms with Gasteiger partial charge < -0.3 is 4.74 Å². The summed E-state index contributed by atoms with van der Waals surface area (Å²) in [5.74, 6) is 1.59. The third-order valence-electron chi connectivity index (χ3n) is 4.52. The first kappa shape index (κ1) is 16.6. The molecule has 0 fully saturated rings. The number of hydrogen-bond donors (Lipinski definition) is 0. The lowest BCUT2D eigenvalue weighted by Crippen LogP contribution is -2.29. The molecule has 3 nitrogen and oxygen atoms in total. The summed E-state index contributed by atoms with van der Waals surface area (Å²) >= 11 is 0. The maximum Gasteiger partial charge on any atom is 0.145 e. The van der Waals surface area contributed by atoms with Gasteiger partial charge in [0.05, 0.1) is 11.9 Å². The highest BCUT2D eigenvalue weighted by atomic mass is 16.5. The predicted molar refractivity (Wildman–Crippen MR) is 105 cm³/mol. The molecular formula is C23H22N2O. The monoisotopic (exact) mass is 342 g/mol. The molecule has 1 aliphatic heterocycles. The first-order valence-corrected chi connectivity index (χ1v) is 9.01. The fourth-order valence-electron chi connectivity index (χ4n) is 3.22. The summed E-state index contributed by atoms with van der Waals surface area (Å²) in [7, 11) is 0. The number of para-hydroxylation sites is 1. The molecule has 2 heterocycles. The van der Waals surface area contributed by atoms with Gasteiger partial charge in [0.25, 0.3) is 0 Å². The van der Waals surface area contributed by atoms with E-state index in [2.05, 4.69) is 52.4 Å². The average molecular weight is 342 g/mol. The largest absolute Gasteiger partial charge is 0.456 e. The Hall–Kier alpha value is -2.91. The summed E-state index contributed by atoms with van der Waals surface area (Å²) in [6.45, 7) is 3.00. The molecule has 1 aliphatic rings. The third-order valence-corrected chi connectivity index (χ3v) is 4.52. The van der Waals surface area contributed by atoms with Crippen molar-refractivity contribution in [3.05, 3.63) is 96.3 Å². The van der Waals surface area contributed by atoms with E-state index in [1.807, 2.05) is 36.4 Å².